The molecule has 0 aromatic heterocycles. The summed E-state index contributed by atoms with van der Waals surface area (Å²) in [5.41, 5.74) is 1.02. The van der Waals surface area contributed by atoms with E-state index in [1.54, 1.807) is 18.2 Å². The topological polar surface area (TPSA) is 49.3 Å². The van der Waals surface area contributed by atoms with E-state index < -0.39 is 6.09 Å². The molecule has 1 rings (SSSR count). The minimum absolute atomic E-state index is 0.176. The van der Waals surface area contributed by atoms with Crippen LogP contribution in [0.1, 0.15) is 5.56 Å². The highest BCUT2D eigenvalue weighted by molar-refractivity contribution is 6.32. The average molecular weight is 220 g/mol. The zero-order valence-electron chi connectivity index (χ0n) is 6.55. The van der Waals surface area contributed by atoms with Crippen molar-refractivity contribution in [3.63, 3.8) is 0 Å². The van der Waals surface area contributed by atoms with E-state index >= 15 is 0 Å². The standard InChI is InChI=1S/C8H7Cl2NO2/c9-4-5-6(10)2-1-3-7(5)11-8(12)13/h1-3,11H,4H2,(H,12,13). The highest BCUT2D eigenvalue weighted by atomic mass is 35.5. The molecule has 2 N–H and O–H groups in total. The van der Waals surface area contributed by atoms with Crippen molar-refractivity contribution in [2.75, 3.05) is 5.32 Å². The second-order valence-electron chi connectivity index (χ2n) is 2.33. The third kappa shape index (κ3) is 2.50. The minimum Gasteiger partial charge on any atom is -0.465 e. The summed E-state index contributed by atoms with van der Waals surface area (Å²) >= 11 is 11.4. The lowest BCUT2D eigenvalue weighted by Crippen LogP contribution is -2.09. The lowest BCUT2D eigenvalue weighted by molar-refractivity contribution is 0.209. The molecule has 1 aromatic carbocycles. The van der Waals surface area contributed by atoms with Crippen molar-refractivity contribution < 1.29 is 9.90 Å². The summed E-state index contributed by atoms with van der Waals surface area (Å²) in [6.07, 6.45) is -1.13. The van der Waals surface area contributed by atoms with Crippen molar-refractivity contribution in [2.45, 2.75) is 5.88 Å². The van der Waals surface area contributed by atoms with Crippen molar-refractivity contribution >= 4 is 35.0 Å². The van der Waals surface area contributed by atoms with Gasteiger partial charge in [0.1, 0.15) is 0 Å². The van der Waals surface area contributed by atoms with E-state index in [-0.39, 0.29) is 5.88 Å². The van der Waals surface area contributed by atoms with Gasteiger partial charge >= 0.3 is 6.09 Å². The molecule has 1 amide bonds. The van der Waals surface area contributed by atoms with Gasteiger partial charge in [0.25, 0.3) is 0 Å². The molecule has 5 heteroatoms. The molecule has 0 bridgehead atoms. The largest absolute Gasteiger partial charge is 0.465 e. The van der Waals surface area contributed by atoms with Gasteiger partial charge in [-0.2, -0.15) is 0 Å². The Balaban J connectivity index is 3.05. The molecule has 0 saturated carbocycles. The Morgan fingerprint density at radius 3 is 2.77 bits per heavy atom. The van der Waals surface area contributed by atoms with Crippen LogP contribution in [0.3, 0.4) is 0 Å². The van der Waals surface area contributed by atoms with Crippen molar-refractivity contribution in [3.05, 3.63) is 28.8 Å². The zero-order valence-corrected chi connectivity index (χ0v) is 8.06. The second-order valence-corrected chi connectivity index (χ2v) is 3.00. The Hall–Kier alpha value is -0.930. The molecule has 70 valence electrons. The number of nitrogens with one attached hydrogen (secondary N) is 1. The van der Waals surface area contributed by atoms with Crippen molar-refractivity contribution in [2.24, 2.45) is 0 Å². The van der Waals surface area contributed by atoms with E-state index in [0.717, 1.165) is 0 Å². The number of amides is 1. The van der Waals surface area contributed by atoms with E-state index in [1.165, 1.54) is 0 Å². The van der Waals surface area contributed by atoms with Gasteiger partial charge in [0.05, 0.1) is 5.88 Å². The fourth-order valence-corrected chi connectivity index (χ4v) is 1.52. The number of anilines is 1. The first kappa shape index (κ1) is 10.2. The predicted molar refractivity (Wildman–Crippen MR) is 52.7 cm³/mol. The molecule has 0 aliphatic heterocycles. The molecule has 0 atom stereocenters. The first-order valence-electron chi connectivity index (χ1n) is 3.48. The summed E-state index contributed by atoms with van der Waals surface area (Å²) in [4.78, 5) is 10.4. The normalized spacial score (nSPS) is 9.69. The quantitative estimate of drug-likeness (QED) is 0.752. The second kappa shape index (κ2) is 4.35. The maximum Gasteiger partial charge on any atom is 0.409 e. The molecule has 0 aliphatic rings. The number of benzene rings is 1. The van der Waals surface area contributed by atoms with Gasteiger partial charge in [-0.1, -0.05) is 17.7 Å². The van der Waals surface area contributed by atoms with Crippen molar-refractivity contribution in [3.8, 4) is 0 Å². The molecule has 0 fully saturated rings. The third-order valence-electron chi connectivity index (χ3n) is 1.49. The monoisotopic (exact) mass is 219 g/mol. The van der Waals surface area contributed by atoms with Crippen LogP contribution >= 0.6 is 23.2 Å². The van der Waals surface area contributed by atoms with Gasteiger partial charge in [0.15, 0.2) is 0 Å². The minimum atomic E-state index is -1.13. The lowest BCUT2D eigenvalue weighted by Gasteiger charge is -2.07. The smallest absolute Gasteiger partial charge is 0.409 e. The van der Waals surface area contributed by atoms with Crippen LogP contribution in [0, 0.1) is 0 Å². The molecule has 0 unspecified atom stereocenters. The number of carboxylic acid groups (broad SMARTS) is 1. The average Bonchev–Trinajstić information content (AvgIpc) is 2.03. The van der Waals surface area contributed by atoms with E-state index in [2.05, 4.69) is 5.32 Å². The number of hydrogen-bond donors (Lipinski definition) is 2. The molecule has 0 saturated heterocycles. The summed E-state index contributed by atoms with van der Waals surface area (Å²) < 4.78 is 0. The summed E-state index contributed by atoms with van der Waals surface area (Å²) in [5.74, 6) is 0.176. The Morgan fingerprint density at radius 2 is 2.23 bits per heavy atom. The highest BCUT2D eigenvalue weighted by Crippen LogP contribution is 2.25. The molecule has 13 heavy (non-hydrogen) atoms. The van der Waals surface area contributed by atoms with E-state index in [0.29, 0.717) is 16.3 Å². The first-order chi connectivity index (χ1) is 6.15. The molecule has 3 nitrogen and oxygen atoms in total. The maximum atomic E-state index is 10.4. The number of halogens is 2. The van der Waals surface area contributed by atoms with Crippen LogP contribution in [-0.4, -0.2) is 11.2 Å². The summed E-state index contributed by atoms with van der Waals surface area (Å²) in [6, 6.07) is 4.92. The van der Waals surface area contributed by atoms with Crippen LogP contribution < -0.4 is 5.32 Å². The summed E-state index contributed by atoms with van der Waals surface area (Å²) in [7, 11) is 0. The molecule has 0 heterocycles. The van der Waals surface area contributed by atoms with E-state index in [1.807, 2.05) is 0 Å². The van der Waals surface area contributed by atoms with E-state index in [4.69, 9.17) is 28.3 Å². The van der Waals surface area contributed by atoms with Gasteiger partial charge in [-0.25, -0.2) is 4.79 Å². The highest BCUT2D eigenvalue weighted by Gasteiger charge is 2.07. The zero-order chi connectivity index (χ0) is 9.84. The predicted octanol–water partition coefficient (Wildman–Crippen LogP) is 3.17. The van der Waals surface area contributed by atoms with Crippen LogP contribution in [-0.2, 0) is 5.88 Å². The number of carbonyl (C=O) groups is 1. The van der Waals surface area contributed by atoms with Gasteiger partial charge < -0.3 is 5.11 Å². The van der Waals surface area contributed by atoms with Crippen LogP contribution in [0.25, 0.3) is 0 Å². The first-order valence-corrected chi connectivity index (χ1v) is 4.39. The molecular weight excluding hydrogens is 213 g/mol. The number of rotatable bonds is 2. The van der Waals surface area contributed by atoms with Crippen LogP contribution in [0.15, 0.2) is 18.2 Å². The van der Waals surface area contributed by atoms with Gasteiger partial charge in [-0.05, 0) is 12.1 Å². The maximum absolute atomic E-state index is 10.4. The lowest BCUT2D eigenvalue weighted by atomic mass is 10.2. The van der Waals surface area contributed by atoms with Crippen LogP contribution in [0.4, 0.5) is 10.5 Å². The fourth-order valence-electron chi connectivity index (χ4n) is 0.927. The number of hydrogen-bond acceptors (Lipinski definition) is 1. The fraction of sp³-hybridized carbons (Fsp3) is 0.125. The van der Waals surface area contributed by atoms with Crippen LogP contribution in [0.5, 0.6) is 0 Å². The van der Waals surface area contributed by atoms with Gasteiger partial charge in [-0.15, -0.1) is 11.6 Å². The number of alkyl halides is 1. The molecule has 0 spiro atoms. The Kier molecular flexibility index (Phi) is 3.39. The summed E-state index contributed by atoms with van der Waals surface area (Å²) in [5, 5.41) is 11.2. The van der Waals surface area contributed by atoms with Crippen LogP contribution in [0.2, 0.25) is 5.02 Å². The van der Waals surface area contributed by atoms with E-state index in [9.17, 15) is 4.79 Å². The van der Waals surface area contributed by atoms with Gasteiger partial charge in [-0.3, -0.25) is 5.32 Å². The van der Waals surface area contributed by atoms with Gasteiger partial charge in [0, 0.05) is 16.3 Å². The Morgan fingerprint density at radius 1 is 1.54 bits per heavy atom. The summed E-state index contributed by atoms with van der Waals surface area (Å²) in [6.45, 7) is 0. The molecular formula is C8H7Cl2NO2. The third-order valence-corrected chi connectivity index (χ3v) is 2.12. The molecule has 1 aromatic rings. The Bertz CT molecular complexity index is 328. The van der Waals surface area contributed by atoms with Crippen molar-refractivity contribution in [1.29, 1.82) is 0 Å². The van der Waals surface area contributed by atoms with Gasteiger partial charge in [0.2, 0.25) is 0 Å². The van der Waals surface area contributed by atoms with Crippen molar-refractivity contribution in [1.82, 2.24) is 0 Å². The SMILES string of the molecule is O=C(O)Nc1cccc(Cl)c1CCl. The Labute approximate surface area is 85.3 Å². The molecule has 0 aliphatic carbocycles. The molecule has 0 radical (unpaired) electrons.